The van der Waals surface area contributed by atoms with Crippen LogP contribution < -0.4 is 0 Å². The molecule has 1 saturated carbocycles. The highest BCUT2D eigenvalue weighted by molar-refractivity contribution is 5.67. The SMILES string of the molecule is CN(C(=O)OCc1ccccc1)[C@H]1C[C@@H](C)C1. The third-order valence-corrected chi connectivity index (χ3v) is 3.39. The second kappa shape index (κ2) is 5.21. The number of nitrogens with zero attached hydrogens (tertiary/aromatic N) is 1. The van der Waals surface area contributed by atoms with Crippen molar-refractivity contribution in [3.8, 4) is 0 Å². The van der Waals surface area contributed by atoms with Gasteiger partial charge in [-0.1, -0.05) is 37.3 Å². The molecule has 0 aliphatic heterocycles. The number of hydrogen-bond donors (Lipinski definition) is 0. The number of carbonyl (C=O) groups is 1. The molecule has 1 aromatic rings. The van der Waals surface area contributed by atoms with Crippen molar-refractivity contribution in [1.29, 1.82) is 0 Å². The molecule has 3 nitrogen and oxygen atoms in total. The van der Waals surface area contributed by atoms with Crippen LogP contribution in [0.25, 0.3) is 0 Å². The lowest BCUT2D eigenvalue weighted by atomic mass is 9.81. The molecule has 0 bridgehead atoms. The zero-order valence-electron chi connectivity index (χ0n) is 10.4. The van der Waals surface area contributed by atoms with E-state index < -0.39 is 0 Å². The molecule has 1 fully saturated rings. The van der Waals surface area contributed by atoms with Crippen LogP contribution in [0, 0.1) is 5.92 Å². The molecule has 1 amide bonds. The highest BCUT2D eigenvalue weighted by atomic mass is 16.6. The van der Waals surface area contributed by atoms with Crippen molar-refractivity contribution in [3.63, 3.8) is 0 Å². The summed E-state index contributed by atoms with van der Waals surface area (Å²) in [7, 11) is 1.82. The van der Waals surface area contributed by atoms with Gasteiger partial charge in [-0.15, -0.1) is 0 Å². The fourth-order valence-corrected chi connectivity index (χ4v) is 2.15. The average Bonchev–Trinajstić information content (AvgIpc) is 2.32. The third kappa shape index (κ3) is 2.99. The van der Waals surface area contributed by atoms with Crippen molar-refractivity contribution in [3.05, 3.63) is 35.9 Å². The monoisotopic (exact) mass is 233 g/mol. The predicted octanol–water partition coefficient (Wildman–Crippen LogP) is 3.05. The molecule has 0 aromatic heterocycles. The highest BCUT2D eigenvalue weighted by Crippen LogP contribution is 2.30. The number of carbonyl (C=O) groups excluding carboxylic acids is 1. The smallest absolute Gasteiger partial charge is 0.410 e. The van der Waals surface area contributed by atoms with E-state index in [1.807, 2.05) is 37.4 Å². The first-order valence-electron chi connectivity index (χ1n) is 6.10. The van der Waals surface area contributed by atoms with Gasteiger partial charge >= 0.3 is 6.09 Å². The van der Waals surface area contributed by atoms with Crippen molar-refractivity contribution in [1.82, 2.24) is 4.90 Å². The van der Waals surface area contributed by atoms with Crippen LogP contribution in [-0.2, 0) is 11.3 Å². The summed E-state index contributed by atoms with van der Waals surface area (Å²) in [6, 6.07) is 10.1. The quantitative estimate of drug-likeness (QED) is 0.803. The Morgan fingerprint density at radius 2 is 2.00 bits per heavy atom. The number of ether oxygens (including phenoxy) is 1. The minimum atomic E-state index is -0.217. The van der Waals surface area contributed by atoms with E-state index in [-0.39, 0.29) is 6.09 Å². The van der Waals surface area contributed by atoms with E-state index in [9.17, 15) is 4.79 Å². The first-order valence-corrected chi connectivity index (χ1v) is 6.10. The fraction of sp³-hybridized carbons (Fsp3) is 0.500. The zero-order chi connectivity index (χ0) is 12.3. The Kier molecular flexibility index (Phi) is 3.67. The molecule has 1 aromatic carbocycles. The summed E-state index contributed by atoms with van der Waals surface area (Å²) < 4.78 is 5.27. The maximum absolute atomic E-state index is 11.8. The van der Waals surface area contributed by atoms with Crippen molar-refractivity contribution in [2.75, 3.05) is 7.05 Å². The van der Waals surface area contributed by atoms with Gasteiger partial charge in [0.05, 0.1) is 0 Å². The molecule has 0 saturated heterocycles. The van der Waals surface area contributed by atoms with Gasteiger partial charge in [-0.3, -0.25) is 0 Å². The van der Waals surface area contributed by atoms with E-state index in [1.54, 1.807) is 4.90 Å². The Hall–Kier alpha value is -1.51. The van der Waals surface area contributed by atoms with Crippen molar-refractivity contribution in [2.45, 2.75) is 32.4 Å². The van der Waals surface area contributed by atoms with Gasteiger partial charge in [-0.2, -0.15) is 0 Å². The van der Waals surface area contributed by atoms with Crippen molar-refractivity contribution in [2.24, 2.45) is 5.92 Å². The average molecular weight is 233 g/mol. The molecule has 0 N–H and O–H groups in total. The van der Waals surface area contributed by atoms with E-state index in [2.05, 4.69) is 6.92 Å². The summed E-state index contributed by atoms with van der Waals surface area (Å²) >= 11 is 0. The molecule has 3 heteroatoms. The summed E-state index contributed by atoms with van der Waals surface area (Å²) in [5, 5.41) is 0. The van der Waals surface area contributed by atoms with Crippen molar-refractivity contribution >= 4 is 6.09 Å². The molecule has 2 rings (SSSR count). The van der Waals surface area contributed by atoms with E-state index in [0.717, 1.165) is 24.3 Å². The first-order chi connectivity index (χ1) is 8.16. The van der Waals surface area contributed by atoms with Crippen LogP contribution in [-0.4, -0.2) is 24.1 Å². The normalized spacial score (nSPS) is 22.7. The Morgan fingerprint density at radius 1 is 1.35 bits per heavy atom. The predicted molar refractivity (Wildman–Crippen MR) is 66.6 cm³/mol. The fourth-order valence-electron chi connectivity index (χ4n) is 2.15. The maximum Gasteiger partial charge on any atom is 0.410 e. The number of rotatable bonds is 3. The van der Waals surface area contributed by atoms with E-state index in [1.165, 1.54) is 0 Å². The molecule has 17 heavy (non-hydrogen) atoms. The van der Waals surface area contributed by atoms with Gasteiger partial charge < -0.3 is 9.64 Å². The van der Waals surface area contributed by atoms with Gasteiger partial charge in [-0.25, -0.2) is 4.79 Å². The van der Waals surface area contributed by atoms with Crippen LogP contribution in [0.5, 0.6) is 0 Å². The molecule has 0 atom stereocenters. The van der Waals surface area contributed by atoms with Crippen LogP contribution in [0.2, 0.25) is 0 Å². The Bertz CT molecular complexity index is 371. The van der Waals surface area contributed by atoms with Gasteiger partial charge in [0, 0.05) is 13.1 Å². The van der Waals surface area contributed by atoms with Gasteiger partial charge in [0.1, 0.15) is 6.61 Å². The number of benzene rings is 1. The first kappa shape index (κ1) is 12.0. The summed E-state index contributed by atoms with van der Waals surface area (Å²) in [6.07, 6.45) is 1.97. The van der Waals surface area contributed by atoms with E-state index in [0.29, 0.717) is 12.6 Å². The second-order valence-electron chi connectivity index (χ2n) is 4.88. The Morgan fingerprint density at radius 3 is 2.59 bits per heavy atom. The minimum Gasteiger partial charge on any atom is -0.445 e. The van der Waals surface area contributed by atoms with Crippen LogP contribution in [0.15, 0.2) is 30.3 Å². The summed E-state index contributed by atoms with van der Waals surface area (Å²) in [6.45, 7) is 2.56. The lowest BCUT2D eigenvalue weighted by Gasteiger charge is -2.38. The maximum atomic E-state index is 11.8. The molecular formula is C14H19NO2. The molecule has 0 radical (unpaired) electrons. The Balaban J connectivity index is 1.77. The molecule has 92 valence electrons. The molecule has 0 unspecified atom stereocenters. The molecule has 0 spiro atoms. The topological polar surface area (TPSA) is 29.5 Å². The molecular weight excluding hydrogens is 214 g/mol. The van der Waals surface area contributed by atoms with E-state index >= 15 is 0 Å². The molecule has 1 aliphatic carbocycles. The standard InChI is InChI=1S/C14H19NO2/c1-11-8-13(9-11)15(2)14(16)17-10-12-6-4-3-5-7-12/h3-7,11,13H,8-10H2,1-2H3/t11-,13+. The second-order valence-corrected chi connectivity index (χ2v) is 4.88. The lowest BCUT2D eigenvalue weighted by molar-refractivity contribution is 0.0605. The number of amides is 1. The summed E-state index contributed by atoms with van der Waals surface area (Å²) in [5.74, 6) is 0.740. The van der Waals surface area contributed by atoms with Crippen LogP contribution >= 0.6 is 0 Å². The summed E-state index contributed by atoms with van der Waals surface area (Å²) in [5.41, 5.74) is 1.02. The molecule has 1 aliphatic rings. The van der Waals surface area contributed by atoms with Gasteiger partial charge in [0.25, 0.3) is 0 Å². The van der Waals surface area contributed by atoms with Gasteiger partial charge in [0.15, 0.2) is 0 Å². The third-order valence-electron chi connectivity index (χ3n) is 3.39. The van der Waals surface area contributed by atoms with Crippen molar-refractivity contribution < 1.29 is 9.53 Å². The van der Waals surface area contributed by atoms with E-state index in [4.69, 9.17) is 4.74 Å². The van der Waals surface area contributed by atoms with Crippen LogP contribution in [0.1, 0.15) is 25.3 Å². The van der Waals surface area contributed by atoms with Crippen LogP contribution in [0.4, 0.5) is 4.79 Å². The van der Waals surface area contributed by atoms with Gasteiger partial charge in [0.2, 0.25) is 0 Å². The lowest BCUT2D eigenvalue weighted by Crippen LogP contribution is -2.44. The van der Waals surface area contributed by atoms with Gasteiger partial charge in [-0.05, 0) is 24.3 Å². The number of hydrogen-bond acceptors (Lipinski definition) is 2. The molecule has 0 heterocycles. The zero-order valence-corrected chi connectivity index (χ0v) is 10.4. The minimum absolute atomic E-state index is 0.217. The highest BCUT2D eigenvalue weighted by Gasteiger charge is 2.31. The largest absolute Gasteiger partial charge is 0.445 e. The van der Waals surface area contributed by atoms with Crippen LogP contribution in [0.3, 0.4) is 0 Å². The summed E-state index contributed by atoms with van der Waals surface area (Å²) in [4.78, 5) is 13.5. The Labute approximate surface area is 102 Å².